The van der Waals surface area contributed by atoms with E-state index in [4.69, 9.17) is 16.3 Å². The molecule has 2 heterocycles. The van der Waals surface area contributed by atoms with E-state index < -0.39 is 5.97 Å². The fourth-order valence-electron chi connectivity index (χ4n) is 2.57. The van der Waals surface area contributed by atoms with Crippen molar-refractivity contribution in [2.75, 3.05) is 18.1 Å². The smallest absolute Gasteiger partial charge is 0.341 e. The van der Waals surface area contributed by atoms with Crippen molar-refractivity contribution in [2.45, 2.75) is 23.5 Å². The van der Waals surface area contributed by atoms with Crippen molar-refractivity contribution in [3.63, 3.8) is 0 Å². The summed E-state index contributed by atoms with van der Waals surface area (Å²) in [5.74, 6) is -0.909. The van der Waals surface area contributed by atoms with Crippen LogP contribution >= 0.6 is 23.4 Å². The minimum Gasteiger partial charge on any atom is -0.452 e. The largest absolute Gasteiger partial charge is 0.452 e. The minimum atomic E-state index is -0.655. The number of esters is 1. The first-order valence-electron chi connectivity index (χ1n) is 7.90. The van der Waals surface area contributed by atoms with Crippen LogP contribution in [0.5, 0.6) is 0 Å². The summed E-state index contributed by atoms with van der Waals surface area (Å²) in [4.78, 5) is 31.3. The van der Waals surface area contributed by atoms with Crippen LogP contribution in [0.15, 0.2) is 47.5 Å². The summed E-state index contributed by atoms with van der Waals surface area (Å²) in [6.07, 6.45) is 2.35. The van der Waals surface area contributed by atoms with Crippen molar-refractivity contribution >= 4 is 40.9 Å². The van der Waals surface area contributed by atoms with E-state index in [0.717, 1.165) is 17.0 Å². The van der Waals surface area contributed by atoms with E-state index in [0.29, 0.717) is 11.8 Å². The van der Waals surface area contributed by atoms with E-state index in [1.165, 1.54) is 12.3 Å². The van der Waals surface area contributed by atoms with Crippen molar-refractivity contribution in [3.8, 4) is 0 Å². The Labute approximate surface area is 155 Å². The number of para-hydroxylation sites is 1. The lowest BCUT2D eigenvalue weighted by atomic mass is 10.2. The van der Waals surface area contributed by atoms with Gasteiger partial charge in [0.25, 0.3) is 5.91 Å². The SMILES string of the molecule is CC1CCN(C(=O)COC(=O)c2cccnc2Cl)c2ccccc2S1. The van der Waals surface area contributed by atoms with Gasteiger partial charge in [0.05, 0.1) is 11.3 Å². The highest BCUT2D eigenvalue weighted by molar-refractivity contribution is 8.00. The van der Waals surface area contributed by atoms with Crippen LogP contribution in [0.4, 0.5) is 5.69 Å². The number of amides is 1. The van der Waals surface area contributed by atoms with E-state index in [-0.39, 0.29) is 23.2 Å². The van der Waals surface area contributed by atoms with Gasteiger partial charge in [-0.2, -0.15) is 0 Å². The quantitative estimate of drug-likeness (QED) is 0.602. The molecule has 0 radical (unpaired) electrons. The van der Waals surface area contributed by atoms with Crippen LogP contribution in [-0.2, 0) is 9.53 Å². The number of fused-ring (bicyclic) bond motifs is 1. The highest BCUT2D eigenvalue weighted by atomic mass is 35.5. The first-order valence-corrected chi connectivity index (χ1v) is 9.15. The predicted octanol–water partition coefficient (Wildman–Crippen LogP) is 3.81. The molecular weight excluding hydrogens is 360 g/mol. The molecule has 0 saturated heterocycles. The zero-order chi connectivity index (χ0) is 17.8. The second-order valence-corrected chi connectivity index (χ2v) is 7.49. The number of ether oxygens (including phenoxy) is 1. The van der Waals surface area contributed by atoms with Crippen molar-refractivity contribution in [2.24, 2.45) is 0 Å². The maximum Gasteiger partial charge on any atom is 0.341 e. The number of rotatable bonds is 3. The van der Waals surface area contributed by atoms with Crippen LogP contribution in [0.3, 0.4) is 0 Å². The number of hydrogen-bond donors (Lipinski definition) is 0. The predicted molar refractivity (Wildman–Crippen MR) is 98.3 cm³/mol. The average molecular weight is 377 g/mol. The van der Waals surface area contributed by atoms with E-state index in [2.05, 4.69) is 11.9 Å². The van der Waals surface area contributed by atoms with Gasteiger partial charge >= 0.3 is 5.97 Å². The van der Waals surface area contributed by atoms with Gasteiger partial charge in [-0.05, 0) is 30.7 Å². The second kappa shape index (κ2) is 7.89. The number of benzene rings is 1. The van der Waals surface area contributed by atoms with Gasteiger partial charge in [0.1, 0.15) is 5.15 Å². The van der Waals surface area contributed by atoms with E-state index in [9.17, 15) is 9.59 Å². The molecule has 0 fully saturated rings. The first-order chi connectivity index (χ1) is 12.1. The van der Waals surface area contributed by atoms with Crippen molar-refractivity contribution in [3.05, 3.63) is 53.3 Å². The van der Waals surface area contributed by atoms with Gasteiger partial charge in [0.2, 0.25) is 0 Å². The van der Waals surface area contributed by atoms with Gasteiger partial charge in [-0.1, -0.05) is 30.7 Å². The van der Waals surface area contributed by atoms with Crippen molar-refractivity contribution < 1.29 is 14.3 Å². The highest BCUT2D eigenvalue weighted by Crippen LogP contribution is 2.37. The third kappa shape index (κ3) is 4.14. The van der Waals surface area contributed by atoms with Gasteiger partial charge in [-0.15, -0.1) is 11.8 Å². The summed E-state index contributed by atoms with van der Waals surface area (Å²) >= 11 is 7.63. The van der Waals surface area contributed by atoms with E-state index in [1.54, 1.807) is 22.7 Å². The number of carbonyl (C=O) groups excluding carboxylic acids is 2. The van der Waals surface area contributed by atoms with E-state index >= 15 is 0 Å². The molecule has 25 heavy (non-hydrogen) atoms. The fraction of sp³-hybridized carbons (Fsp3) is 0.278. The summed E-state index contributed by atoms with van der Waals surface area (Å²) in [5, 5.41) is 0.473. The van der Waals surface area contributed by atoms with Crippen LogP contribution in [0.25, 0.3) is 0 Å². The number of anilines is 1. The Morgan fingerprint density at radius 3 is 2.92 bits per heavy atom. The Morgan fingerprint density at radius 2 is 2.12 bits per heavy atom. The first kappa shape index (κ1) is 17.8. The van der Waals surface area contributed by atoms with Crippen LogP contribution in [0.1, 0.15) is 23.7 Å². The lowest BCUT2D eigenvalue weighted by Gasteiger charge is -2.22. The van der Waals surface area contributed by atoms with Crippen LogP contribution in [-0.4, -0.2) is 35.3 Å². The molecule has 1 amide bonds. The van der Waals surface area contributed by atoms with Crippen molar-refractivity contribution in [1.82, 2.24) is 4.98 Å². The normalized spacial score (nSPS) is 16.7. The molecule has 0 spiro atoms. The molecule has 0 aliphatic carbocycles. The molecule has 130 valence electrons. The summed E-state index contributed by atoms with van der Waals surface area (Å²) in [6.45, 7) is 2.40. The van der Waals surface area contributed by atoms with E-state index in [1.807, 2.05) is 24.3 Å². The molecule has 1 aliphatic heterocycles. The maximum absolute atomic E-state index is 12.6. The molecule has 1 aromatic carbocycles. The maximum atomic E-state index is 12.6. The molecule has 1 unspecified atom stereocenters. The Bertz CT molecular complexity index is 799. The summed E-state index contributed by atoms with van der Waals surface area (Å²) < 4.78 is 5.15. The topological polar surface area (TPSA) is 59.5 Å². The molecule has 1 atom stereocenters. The molecule has 7 heteroatoms. The number of halogens is 1. The molecule has 1 aromatic heterocycles. The van der Waals surface area contributed by atoms with Crippen LogP contribution in [0, 0.1) is 0 Å². The van der Waals surface area contributed by atoms with Gasteiger partial charge in [-0.3, -0.25) is 4.79 Å². The number of thioether (sulfide) groups is 1. The average Bonchev–Trinajstić information content (AvgIpc) is 2.78. The minimum absolute atomic E-state index is 0.0605. The standard InChI is InChI=1S/C18H17ClN2O3S/c1-12-8-10-21(14-6-2-3-7-15(14)25-12)16(22)11-24-18(23)13-5-4-9-20-17(13)19/h2-7,9,12H,8,10-11H2,1H3. The van der Waals surface area contributed by atoms with Crippen LogP contribution in [0.2, 0.25) is 5.15 Å². The monoisotopic (exact) mass is 376 g/mol. The summed E-state index contributed by atoms with van der Waals surface area (Å²) in [5.41, 5.74) is 1.01. The molecule has 0 saturated carbocycles. The third-order valence-electron chi connectivity index (χ3n) is 3.85. The number of aromatic nitrogens is 1. The molecular formula is C18H17ClN2O3S. The third-order valence-corrected chi connectivity index (χ3v) is 5.39. The summed E-state index contributed by atoms with van der Waals surface area (Å²) in [6, 6.07) is 10.9. The van der Waals surface area contributed by atoms with Gasteiger partial charge in [-0.25, -0.2) is 9.78 Å². The molecule has 0 N–H and O–H groups in total. The zero-order valence-corrected chi connectivity index (χ0v) is 15.2. The molecule has 3 rings (SSSR count). The van der Waals surface area contributed by atoms with Crippen molar-refractivity contribution in [1.29, 1.82) is 0 Å². The molecule has 1 aliphatic rings. The summed E-state index contributed by atoms with van der Waals surface area (Å²) in [7, 11) is 0. The van der Waals surface area contributed by atoms with Crippen LogP contribution < -0.4 is 4.90 Å². The second-order valence-electron chi connectivity index (χ2n) is 5.65. The number of carbonyl (C=O) groups is 2. The molecule has 0 bridgehead atoms. The van der Waals surface area contributed by atoms with Gasteiger partial charge in [0.15, 0.2) is 6.61 Å². The lowest BCUT2D eigenvalue weighted by Crippen LogP contribution is -2.35. The Balaban J connectivity index is 1.71. The number of nitrogens with zero attached hydrogens (tertiary/aromatic N) is 2. The van der Waals surface area contributed by atoms with Gasteiger partial charge in [0, 0.05) is 22.9 Å². The fourth-order valence-corrected chi connectivity index (χ4v) is 3.88. The number of pyridine rings is 1. The zero-order valence-electron chi connectivity index (χ0n) is 13.6. The highest BCUT2D eigenvalue weighted by Gasteiger charge is 2.25. The lowest BCUT2D eigenvalue weighted by molar-refractivity contribution is -0.121. The Hall–Kier alpha value is -2.05. The molecule has 5 nitrogen and oxygen atoms in total. The Morgan fingerprint density at radius 1 is 1.32 bits per heavy atom. The Kier molecular flexibility index (Phi) is 5.60. The van der Waals surface area contributed by atoms with Gasteiger partial charge < -0.3 is 9.64 Å². The molecule has 2 aromatic rings. The number of hydrogen-bond acceptors (Lipinski definition) is 5.